The molecule has 20 heavy (non-hydrogen) atoms. The van der Waals surface area contributed by atoms with E-state index in [4.69, 9.17) is 5.73 Å². The van der Waals surface area contributed by atoms with Crippen molar-refractivity contribution in [2.45, 2.75) is 18.9 Å². The summed E-state index contributed by atoms with van der Waals surface area (Å²) >= 11 is 0. The van der Waals surface area contributed by atoms with Crippen LogP contribution in [0.5, 0.6) is 0 Å². The maximum atomic E-state index is 11.7. The molecule has 0 heterocycles. The van der Waals surface area contributed by atoms with Gasteiger partial charge in [0.05, 0.1) is 12.3 Å². The fourth-order valence-corrected chi connectivity index (χ4v) is 2.16. The minimum absolute atomic E-state index is 0.229. The van der Waals surface area contributed by atoms with E-state index >= 15 is 0 Å². The average Bonchev–Trinajstić information content (AvgIpc) is 2.38. The van der Waals surface area contributed by atoms with Gasteiger partial charge in [-0.1, -0.05) is 30.3 Å². The highest BCUT2D eigenvalue weighted by Gasteiger charge is 2.13. The maximum absolute atomic E-state index is 11.7. The summed E-state index contributed by atoms with van der Waals surface area (Å²) < 4.78 is 24.0. The van der Waals surface area contributed by atoms with Gasteiger partial charge in [0.2, 0.25) is 15.9 Å². The van der Waals surface area contributed by atoms with Gasteiger partial charge in [-0.3, -0.25) is 4.79 Å². The van der Waals surface area contributed by atoms with Gasteiger partial charge in [-0.05, 0) is 18.4 Å². The highest BCUT2D eigenvalue weighted by Crippen LogP contribution is 2.01. The van der Waals surface area contributed by atoms with Crippen molar-refractivity contribution < 1.29 is 13.2 Å². The zero-order chi connectivity index (χ0) is 15.0. The normalized spacial score (nSPS) is 12.9. The molecule has 0 aliphatic carbocycles. The van der Waals surface area contributed by atoms with Gasteiger partial charge in [0.25, 0.3) is 0 Å². The topological polar surface area (TPSA) is 101 Å². The highest BCUT2D eigenvalue weighted by atomic mass is 32.2. The Morgan fingerprint density at radius 2 is 1.90 bits per heavy atom. The van der Waals surface area contributed by atoms with Gasteiger partial charge < -0.3 is 11.1 Å². The van der Waals surface area contributed by atoms with E-state index in [0.717, 1.165) is 11.8 Å². The molecule has 0 spiro atoms. The molecular weight excluding hydrogens is 278 g/mol. The van der Waals surface area contributed by atoms with Gasteiger partial charge in [0.1, 0.15) is 0 Å². The van der Waals surface area contributed by atoms with Crippen LogP contribution in [-0.4, -0.2) is 39.7 Å². The molecular formula is C13H21N3O3S. The second-order valence-electron chi connectivity index (χ2n) is 4.61. The Bertz CT molecular complexity index is 517. The zero-order valence-corrected chi connectivity index (χ0v) is 12.3. The minimum Gasteiger partial charge on any atom is -0.355 e. The van der Waals surface area contributed by atoms with Gasteiger partial charge >= 0.3 is 0 Å². The first-order chi connectivity index (χ1) is 9.38. The number of sulfonamides is 1. The molecule has 6 nitrogen and oxygen atoms in total. The van der Waals surface area contributed by atoms with Crippen LogP contribution in [0.15, 0.2) is 30.3 Å². The van der Waals surface area contributed by atoms with Gasteiger partial charge in [0.15, 0.2) is 0 Å². The van der Waals surface area contributed by atoms with Crippen LogP contribution >= 0.6 is 0 Å². The fourth-order valence-electron chi connectivity index (χ4n) is 1.65. The molecule has 4 N–H and O–H groups in total. The van der Waals surface area contributed by atoms with Gasteiger partial charge in [-0.25, -0.2) is 13.1 Å². The first kappa shape index (κ1) is 16.6. The van der Waals surface area contributed by atoms with Gasteiger partial charge in [-0.15, -0.1) is 0 Å². The predicted octanol–water partition coefficient (Wildman–Crippen LogP) is -0.388. The third-order valence-electron chi connectivity index (χ3n) is 2.65. The maximum Gasteiger partial charge on any atom is 0.237 e. The number of nitrogens with two attached hydrogens (primary N) is 1. The molecule has 0 bridgehead atoms. The SMILES string of the molecule is CS(=O)(=O)NCCCNC(=O)[C@H](N)Cc1ccccc1. The first-order valence-corrected chi connectivity index (χ1v) is 8.29. The van der Waals surface area contributed by atoms with E-state index in [1.807, 2.05) is 30.3 Å². The standard InChI is InChI=1S/C13H21N3O3S/c1-20(18,19)16-9-5-8-15-13(17)12(14)10-11-6-3-2-4-7-11/h2-4,6-7,12,16H,5,8-10,14H2,1H3,(H,15,17)/t12-/m1/s1. The van der Waals surface area contributed by atoms with Crippen molar-refractivity contribution in [2.75, 3.05) is 19.3 Å². The van der Waals surface area contributed by atoms with Crippen LogP contribution in [0, 0.1) is 0 Å². The van der Waals surface area contributed by atoms with Crippen molar-refractivity contribution in [2.24, 2.45) is 5.73 Å². The summed E-state index contributed by atoms with van der Waals surface area (Å²) in [5.74, 6) is -0.229. The average molecular weight is 299 g/mol. The molecule has 1 rings (SSSR count). The number of hydrogen-bond acceptors (Lipinski definition) is 4. The van der Waals surface area contributed by atoms with Gasteiger partial charge in [0, 0.05) is 13.1 Å². The largest absolute Gasteiger partial charge is 0.355 e. The second-order valence-corrected chi connectivity index (χ2v) is 6.44. The lowest BCUT2D eigenvalue weighted by Gasteiger charge is -2.12. The summed E-state index contributed by atoms with van der Waals surface area (Å²) in [5.41, 5.74) is 6.82. The number of hydrogen-bond donors (Lipinski definition) is 3. The summed E-state index contributed by atoms with van der Waals surface area (Å²) in [5, 5.41) is 2.69. The van der Waals surface area contributed by atoms with E-state index in [9.17, 15) is 13.2 Å². The van der Waals surface area contributed by atoms with Crippen molar-refractivity contribution >= 4 is 15.9 Å². The van der Waals surface area contributed by atoms with E-state index in [0.29, 0.717) is 25.9 Å². The van der Waals surface area contributed by atoms with E-state index in [-0.39, 0.29) is 5.91 Å². The summed E-state index contributed by atoms with van der Waals surface area (Å²) in [6.07, 6.45) is 2.10. The molecule has 0 aliphatic heterocycles. The van der Waals surface area contributed by atoms with Crippen LogP contribution in [-0.2, 0) is 21.2 Å². The van der Waals surface area contributed by atoms with Crippen molar-refractivity contribution in [3.8, 4) is 0 Å². The summed E-state index contributed by atoms with van der Waals surface area (Å²) in [4.78, 5) is 11.7. The van der Waals surface area contributed by atoms with Crippen molar-refractivity contribution in [1.82, 2.24) is 10.0 Å². The van der Waals surface area contributed by atoms with Crippen LogP contribution in [0.4, 0.5) is 0 Å². The van der Waals surface area contributed by atoms with E-state index in [1.165, 1.54) is 0 Å². The molecule has 0 fully saturated rings. The van der Waals surface area contributed by atoms with Crippen LogP contribution in [0.1, 0.15) is 12.0 Å². The van der Waals surface area contributed by atoms with Crippen LogP contribution in [0.25, 0.3) is 0 Å². The molecule has 112 valence electrons. The molecule has 0 radical (unpaired) electrons. The summed E-state index contributed by atoms with van der Waals surface area (Å²) in [7, 11) is -3.17. The van der Waals surface area contributed by atoms with E-state index in [2.05, 4.69) is 10.0 Å². The lowest BCUT2D eigenvalue weighted by atomic mass is 10.1. The lowest BCUT2D eigenvalue weighted by Crippen LogP contribution is -2.42. The number of carbonyl (C=O) groups excluding carboxylic acids is 1. The molecule has 1 aromatic rings. The first-order valence-electron chi connectivity index (χ1n) is 6.40. The fraction of sp³-hybridized carbons (Fsp3) is 0.462. The smallest absolute Gasteiger partial charge is 0.237 e. The number of carbonyl (C=O) groups is 1. The van der Waals surface area contributed by atoms with Crippen molar-refractivity contribution in [3.63, 3.8) is 0 Å². The summed E-state index contributed by atoms with van der Waals surface area (Å²) in [6.45, 7) is 0.691. The predicted molar refractivity (Wildman–Crippen MR) is 78.6 cm³/mol. The van der Waals surface area contributed by atoms with Crippen LogP contribution < -0.4 is 15.8 Å². The molecule has 0 saturated heterocycles. The Morgan fingerprint density at radius 1 is 1.25 bits per heavy atom. The van der Waals surface area contributed by atoms with Crippen molar-refractivity contribution in [3.05, 3.63) is 35.9 Å². The Balaban J connectivity index is 2.22. The Hall–Kier alpha value is -1.44. The lowest BCUT2D eigenvalue weighted by molar-refractivity contribution is -0.122. The molecule has 1 atom stereocenters. The third kappa shape index (κ3) is 7.22. The molecule has 1 aromatic carbocycles. The molecule has 0 saturated carbocycles. The quantitative estimate of drug-likeness (QED) is 0.569. The monoisotopic (exact) mass is 299 g/mol. The third-order valence-corrected chi connectivity index (χ3v) is 3.38. The molecule has 0 unspecified atom stereocenters. The molecule has 0 aliphatic rings. The highest BCUT2D eigenvalue weighted by molar-refractivity contribution is 7.88. The molecule has 7 heteroatoms. The molecule has 0 aromatic heterocycles. The molecule has 1 amide bonds. The van der Waals surface area contributed by atoms with E-state index in [1.54, 1.807) is 0 Å². The zero-order valence-electron chi connectivity index (χ0n) is 11.5. The van der Waals surface area contributed by atoms with Crippen molar-refractivity contribution in [1.29, 1.82) is 0 Å². The Morgan fingerprint density at radius 3 is 2.50 bits per heavy atom. The number of rotatable bonds is 8. The Labute approximate surface area is 119 Å². The minimum atomic E-state index is -3.17. The summed E-state index contributed by atoms with van der Waals surface area (Å²) in [6, 6.07) is 8.95. The van der Waals surface area contributed by atoms with Crippen LogP contribution in [0.3, 0.4) is 0 Å². The number of benzene rings is 1. The number of amides is 1. The second kappa shape index (κ2) is 7.98. The van der Waals surface area contributed by atoms with Crippen LogP contribution in [0.2, 0.25) is 0 Å². The Kier molecular flexibility index (Phi) is 6.63. The number of nitrogens with one attached hydrogen (secondary N) is 2. The van der Waals surface area contributed by atoms with E-state index < -0.39 is 16.1 Å². The van der Waals surface area contributed by atoms with Gasteiger partial charge in [-0.2, -0.15) is 0 Å².